The number of carbonyl (C=O) groups is 2. The minimum absolute atomic E-state index is 0.0894. The Morgan fingerprint density at radius 2 is 2.00 bits per heavy atom. The molecule has 1 aromatic carbocycles. The van der Waals surface area contributed by atoms with Crippen molar-refractivity contribution in [3.8, 4) is 0 Å². The molecule has 1 N–H and O–H groups in total. The average Bonchev–Trinajstić information content (AvgIpc) is 2.94. The number of fused-ring (bicyclic) bond motifs is 1. The van der Waals surface area contributed by atoms with Crippen molar-refractivity contribution in [2.24, 2.45) is 0 Å². The highest BCUT2D eigenvalue weighted by Crippen LogP contribution is 2.30. The third kappa shape index (κ3) is 4.69. The normalized spacial score (nSPS) is 14.5. The van der Waals surface area contributed by atoms with Gasteiger partial charge in [-0.1, -0.05) is 18.0 Å². The summed E-state index contributed by atoms with van der Waals surface area (Å²) < 4.78 is 5.28. The van der Waals surface area contributed by atoms with Crippen LogP contribution in [0.25, 0.3) is 0 Å². The Labute approximate surface area is 170 Å². The molecule has 1 amide bonds. The van der Waals surface area contributed by atoms with E-state index in [0.29, 0.717) is 4.88 Å². The number of non-ortho nitro benzene ring substituents is 1. The molecular formula is C19H19ClN2O5S. The van der Waals surface area contributed by atoms with E-state index in [9.17, 15) is 19.7 Å². The monoisotopic (exact) mass is 422 g/mol. The van der Waals surface area contributed by atoms with Crippen LogP contribution in [0.2, 0.25) is 5.02 Å². The van der Waals surface area contributed by atoms with Crippen molar-refractivity contribution in [2.75, 3.05) is 5.32 Å². The van der Waals surface area contributed by atoms with Gasteiger partial charge in [-0.05, 0) is 50.3 Å². The smallest absolute Gasteiger partial charge is 0.349 e. The molecular weight excluding hydrogens is 404 g/mol. The first-order chi connectivity index (χ1) is 13.3. The molecule has 0 saturated carbocycles. The number of ether oxygens (including phenoxy) is 1. The first-order valence-electron chi connectivity index (χ1n) is 8.92. The Balaban J connectivity index is 1.65. The number of halogens is 1. The van der Waals surface area contributed by atoms with Crippen molar-refractivity contribution in [1.29, 1.82) is 0 Å². The lowest BCUT2D eigenvalue weighted by atomic mass is 10.1. The molecule has 1 atom stereocenters. The van der Waals surface area contributed by atoms with E-state index in [2.05, 4.69) is 5.32 Å². The number of nitro benzene ring substituents is 1. The first kappa shape index (κ1) is 20.3. The molecule has 1 aliphatic carbocycles. The standard InChI is InChI=1S/C19H19ClN2O5S/c1-11(18(23)21-15-10-13(22(25)26)7-8-14(15)20)27-19(24)17-9-12-5-3-2-4-6-16(12)28-17/h7-11H,2-6H2,1H3,(H,21,23). The number of nitrogens with one attached hydrogen (secondary N) is 1. The van der Waals surface area contributed by atoms with Crippen LogP contribution in [-0.4, -0.2) is 22.9 Å². The summed E-state index contributed by atoms with van der Waals surface area (Å²) in [7, 11) is 0. The van der Waals surface area contributed by atoms with Gasteiger partial charge in [-0.3, -0.25) is 14.9 Å². The number of hydrogen-bond acceptors (Lipinski definition) is 6. The Hall–Kier alpha value is -2.45. The highest BCUT2D eigenvalue weighted by atomic mass is 35.5. The largest absolute Gasteiger partial charge is 0.448 e. The van der Waals surface area contributed by atoms with E-state index in [-0.39, 0.29) is 16.4 Å². The minimum Gasteiger partial charge on any atom is -0.448 e. The lowest BCUT2D eigenvalue weighted by Gasteiger charge is -2.13. The van der Waals surface area contributed by atoms with Crippen LogP contribution in [0.3, 0.4) is 0 Å². The Morgan fingerprint density at radius 3 is 2.75 bits per heavy atom. The molecule has 3 rings (SSSR count). The molecule has 0 spiro atoms. The second-order valence-corrected chi connectivity index (χ2v) is 8.12. The van der Waals surface area contributed by atoms with Crippen LogP contribution in [0.5, 0.6) is 0 Å². The fraction of sp³-hybridized carbons (Fsp3) is 0.368. The molecule has 9 heteroatoms. The number of benzene rings is 1. The maximum Gasteiger partial charge on any atom is 0.349 e. The Morgan fingerprint density at radius 1 is 1.25 bits per heavy atom. The SMILES string of the molecule is CC(OC(=O)c1cc2c(s1)CCCCC2)C(=O)Nc1cc([N+](=O)[O-])ccc1Cl. The second-order valence-electron chi connectivity index (χ2n) is 6.58. The zero-order valence-corrected chi connectivity index (χ0v) is 16.8. The summed E-state index contributed by atoms with van der Waals surface area (Å²) in [5, 5.41) is 13.5. The van der Waals surface area contributed by atoms with Crippen LogP contribution in [0.4, 0.5) is 11.4 Å². The lowest BCUT2D eigenvalue weighted by Crippen LogP contribution is -2.29. The molecule has 0 radical (unpaired) electrons. The van der Waals surface area contributed by atoms with E-state index in [1.54, 1.807) is 0 Å². The number of thiophene rings is 1. The van der Waals surface area contributed by atoms with Gasteiger partial charge < -0.3 is 10.1 Å². The molecule has 1 heterocycles. The van der Waals surface area contributed by atoms with E-state index < -0.39 is 22.9 Å². The quantitative estimate of drug-likeness (QED) is 0.324. The summed E-state index contributed by atoms with van der Waals surface area (Å²) in [6.07, 6.45) is 4.27. The molecule has 7 nitrogen and oxygen atoms in total. The first-order valence-corrected chi connectivity index (χ1v) is 10.1. The van der Waals surface area contributed by atoms with Crippen LogP contribution < -0.4 is 5.32 Å². The summed E-state index contributed by atoms with van der Waals surface area (Å²) in [5.74, 6) is -1.17. The Kier molecular flexibility index (Phi) is 6.31. The van der Waals surface area contributed by atoms with E-state index >= 15 is 0 Å². The summed E-state index contributed by atoms with van der Waals surface area (Å²) in [5.41, 5.74) is 1.07. The van der Waals surface area contributed by atoms with Crippen LogP contribution >= 0.6 is 22.9 Å². The maximum atomic E-state index is 12.4. The number of rotatable bonds is 5. The minimum atomic E-state index is -1.08. The maximum absolute atomic E-state index is 12.4. The number of nitro groups is 1. The van der Waals surface area contributed by atoms with Crippen molar-refractivity contribution in [1.82, 2.24) is 0 Å². The van der Waals surface area contributed by atoms with Gasteiger partial charge in [0.05, 0.1) is 15.6 Å². The fourth-order valence-corrected chi connectivity index (χ4v) is 4.30. The molecule has 0 saturated heterocycles. The predicted molar refractivity (Wildman–Crippen MR) is 107 cm³/mol. The van der Waals surface area contributed by atoms with Gasteiger partial charge in [-0.2, -0.15) is 0 Å². The predicted octanol–water partition coefficient (Wildman–Crippen LogP) is 4.76. The van der Waals surface area contributed by atoms with E-state index in [0.717, 1.165) is 31.7 Å². The van der Waals surface area contributed by atoms with Crippen LogP contribution in [0.15, 0.2) is 24.3 Å². The number of amides is 1. The second kappa shape index (κ2) is 8.70. The van der Waals surface area contributed by atoms with Crippen molar-refractivity contribution in [3.63, 3.8) is 0 Å². The van der Waals surface area contributed by atoms with Gasteiger partial charge in [-0.15, -0.1) is 11.3 Å². The number of anilines is 1. The topological polar surface area (TPSA) is 98.5 Å². The van der Waals surface area contributed by atoms with Crippen LogP contribution in [-0.2, 0) is 22.4 Å². The molecule has 148 valence electrons. The average molecular weight is 423 g/mol. The van der Waals surface area contributed by atoms with Crippen molar-refractivity contribution >= 4 is 46.2 Å². The number of carbonyl (C=O) groups excluding carboxylic acids is 2. The third-order valence-electron chi connectivity index (χ3n) is 4.52. The molecule has 1 unspecified atom stereocenters. The summed E-state index contributed by atoms with van der Waals surface area (Å²) >= 11 is 7.40. The summed E-state index contributed by atoms with van der Waals surface area (Å²) in [6.45, 7) is 1.44. The van der Waals surface area contributed by atoms with E-state index in [1.807, 2.05) is 6.07 Å². The van der Waals surface area contributed by atoms with Crippen molar-refractivity contribution < 1.29 is 19.2 Å². The van der Waals surface area contributed by atoms with Gasteiger partial charge in [0, 0.05) is 17.0 Å². The lowest BCUT2D eigenvalue weighted by molar-refractivity contribution is -0.384. The van der Waals surface area contributed by atoms with Gasteiger partial charge >= 0.3 is 5.97 Å². The van der Waals surface area contributed by atoms with E-state index in [1.165, 1.54) is 47.3 Å². The number of nitrogens with zero attached hydrogens (tertiary/aromatic N) is 1. The molecule has 0 aliphatic heterocycles. The molecule has 1 aliphatic rings. The Bertz CT molecular complexity index is 904. The van der Waals surface area contributed by atoms with Gasteiger partial charge in [0.25, 0.3) is 11.6 Å². The van der Waals surface area contributed by atoms with E-state index in [4.69, 9.17) is 16.3 Å². The van der Waals surface area contributed by atoms with Gasteiger partial charge in [-0.25, -0.2) is 4.79 Å². The summed E-state index contributed by atoms with van der Waals surface area (Å²) in [6, 6.07) is 5.58. The number of aryl methyl sites for hydroxylation is 2. The fourth-order valence-electron chi connectivity index (χ4n) is 3.00. The molecule has 28 heavy (non-hydrogen) atoms. The summed E-state index contributed by atoms with van der Waals surface area (Å²) in [4.78, 5) is 36.7. The number of esters is 1. The van der Waals surface area contributed by atoms with Crippen molar-refractivity contribution in [2.45, 2.75) is 45.1 Å². The van der Waals surface area contributed by atoms with Crippen LogP contribution in [0.1, 0.15) is 46.3 Å². The third-order valence-corrected chi connectivity index (χ3v) is 6.07. The number of hydrogen-bond donors (Lipinski definition) is 1. The highest BCUT2D eigenvalue weighted by Gasteiger charge is 2.23. The molecule has 1 aromatic heterocycles. The van der Waals surface area contributed by atoms with Crippen molar-refractivity contribution in [3.05, 3.63) is 54.7 Å². The van der Waals surface area contributed by atoms with Gasteiger partial charge in [0.1, 0.15) is 4.88 Å². The highest BCUT2D eigenvalue weighted by molar-refractivity contribution is 7.14. The molecule has 0 fully saturated rings. The molecule has 0 bridgehead atoms. The molecule has 2 aromatic rings. The van der Waals surface area contributed by atoms with Gasteiger partial charge in [0.2, 0.25) is 0 Å². The van der Waals surface area contributed by atoms with Gasteiger partial charge in [0.15, 0.2) is 6.10 Å². The zero-order chi connectivity index (χ0) is 20.3. The van der Waals surface area contributed by atoms with Crippen LogP contribution in [0, 0.1) is 10.1 Å². The zero-order valence-electron chi connectivity index (χ0n) is 15.2.